The van der Waals surface area contributed by atoms with E-state index in [0.717, 1.165) is 49.7 Å². The summed E-state index contributed by atoms with van der Waals surface area (Å²) in [6.45, 7) is 3.65. The molecule has 0 unspecified atom stereocenters. The Labute approximate surface area is 142 Å². The van der Waals surface area contributed by atoms with Gasteiger partial charge in [-0.25, -0.2) is 15.0 Å². The molecule has 6 nitrogen and oxygen atoms in total. The topological polar surface area (TPSA) is 71.0 Å². The molecule has 1 fully saturated rings. The minimum Gasteiger partial charge on any atom is -0.343 e. The molecule has 3 rings (SSSR count). The van der Waals surface area contributed by atoms with Gasteiger partial charge in [0.15, 0.2) is 0 Å². The van der Waals surface area contributed by atoms with Crippen molar-refractivity contribution in [2.75, 3.05) is 18.4 Å². The molecule has 1 N–H and O–H groups in total. The van der Waals surface area contributed by atoms with Crippen molar-refractivity contribution in [2.45, 2.75) is 32.6 Å². The van der Waals surface area contributed by atoms with Gasteiger partial charge < -0.3 is 10.2 Å². The summed E-state index contributed by atoms with van der Waals surface area (Å²) in [6, 6.07) is 7.70. The number of nitrogens with one attached hydrogen (secondary N) is 1. The second-order valence-corrected chi connectivity index (χ2v) is 6.12. The van der Waals surface area contributed by atoms with Gasteiger partial charge in [-0.15, -0.1) is 0 Å². The first-order valence-electron chi connectivity index (χ1n) is 8.51. The summed E-state index contributed by atoms with van der Waals surface area (Å²) in [6.07, 6.45) is 6.94. The number of carbonyl (C=O) groups excluding carboxylic acids is 1. The Morgan fingerprint density at radius 1 is 1.21 bits per heavy atom. The van der Waals surface area contributed by atoms with Crippen molar-refractivity contribution in [3.05, 3.63) is 42.5 Å². The van der Waals surface area contributed by atoms with Crippen LogP contribution < -0.4 is 5.32 Å². The van der Waals surface area contributed by atoms with E-state index in [1.165, 1.54) is 0 Å². The van der Waals surface area contributed by atoms with Gasteiger partial charge in [-0.3, -0.25) is 4.79 Å². The fourth-order valence-corrected chi connectivity index (χ4v) is 3.05. The molecule has 1 aliphatic rings. The Morgan fingerprint density at radius 3 is 2.75 bits per heavy atom. The number of aromatic nitrogens is 3. The third-order valence-electron chi connectivity index (χ3n) is 4.41. The lowest BCUT2D eigenvalue weighted by molar-refractivity contribution is -0.132. The van der Waals surface area contributed by atoms with Crippen molar-refractivity contribution in [1.29, 1.82) is 0 Å². The number of hydrogen-bond donors (Lipinski definition) is 1. The molecule has 0 bridgehead atoms. The van der Waals surface area contributed by atoms with Crippen LogP contribution in [0.15, 0.2) is 36.8 Å². The highest BCUT2D eigenvalue weighted by Gasteiger charge is 2.22. The quantitative estimate of drug-likeness (QED) is 0.915. The van der Waals surface area contributed by atoms with Gasteiger partial charge in [0.25, 0.3) is 0 Å². The third kappa shape index (κ3) is 4.28. The molecule has 0 spiro atoms. The molecule has 6 heteroatoms. The van der Waals surface area contributed by atoms with Gasteiger partial charge in [-0.05, 0) is 37.3 Å². The van der Waals surface area contributed by atoms with E-state index in [4.69, 9.17) is 0 Å². The van der Waals surface area contributed by atoms with Crippen LogP contribution in [-0.4, -0.2) is 38.8 Å². The highest BCUT2D eigenvalue weighted by Crippen LogP contribution is 2.22. The fourth-order valence-electron chi connectivity index (χ4n) is 3.05. The van der Waals surface area contributed by atoms with E-state index in [2.05, 4.69) is 20.3 Å². The number of rotatable bonds is 5. The molecule has 2 aromatic rings. The zero-order chi connectivity index (χ0) is 16.8. The van der Waals surface area contributed by atoms with E-state index in [1.807, 2.05) is 36.1 Å². The fraction of sp³-hybridized carbons (Fsp3) is 0.444. The maximum Gasteiger partial charge on any atom is 0.222 e. The minimum atomic E-state index is 0.261. The van der Waals surface area contributed by atoms with Crippen molar-refractivity contribution in [3.63, 3.8) is 0 Å². The summed E-state index contributed by atoms with van der Waals surface area (Å²) >= 11 is 0. The Morgan fingerprint density at radius 2 is 2.04 bits per heavy atom. The van der Waals surface area contributed by atoms with Crippen LogP contribution in [0.1, 0.15) is 31.9 Å². The van der Waals surface area contributed by atoms with Crippen molar-refractivity contribution in [3.8, 4) is 0 Å². The number of pyridine rings is 1. The van der Waals surface area contributed by atoms with E-state index in [9.17, 15) is 4.79 Å². The average molecular weight is 325 g/mol. The van der Waals surface area contributed by atoms with Gasteiger partial charge in [-0.1, -0.05) is 13.0 Å². The smallest absolute Gasteiger partial charge is 0.222 e. The Balaban J connectivity index is 1.56. The Hall–Kier alpha value is -2.50. The van der Waals surface area contributed by atoms with Crippen molar-refractivity contribution in [2.24, 2.45) is 5.92 Å². The van der Waals surface area contributed by atoms with E-state index in [0.29, 0.717) is 12.3 Å². The van der Waals surface area contributed by atoms with Gasteiger partial charge in [0.2, 0.25) is 5.91 Å². The summed E-state index contributed by atoms with van der Waals surface area (Å²) in [5.41, 5.74) is 1.03. The normalized spacial score (nSPS) is 15.3. The standard InChI is InChI=1S/C18H23N5O/c1-2-18(24)23-9-6-14(7-10-23)11-15-12-17(21-13-20-15)22-16-5-3-4-8-19-16/h3-5,8,12-14H,2,6-7,9-11H2,1H3,(H,19,20,21,22). The summed E-state index contributed by atoms with van der Waals surface area (Å²) in [7, 11) is 0. The highest BCUT2D eigenvalue weighted by molar-refractivity contribution is 5.75. The number of carbonyl (C=O) groups is 1. The molecule has 0 aromatic carbocycles. The lowest BCUT2D eigenvalue weighted by Crippen LogP contribution is -2.38. The predicted octanol–water partition coefficient (Wildman–Crippen LogP) is 2.81. The molecule has 2 aromatic heterocycles. The monoisotopic (exact) mass is 325 g/mol. The van der Waals surface area contributed by atoms with E-state index in [-0.39, 0.29) is 5.91 Å². The van der Waals surface area contributed by atoms with Gasteiger partial charge in [-0.2, -0.15) is 0 Å². The van der Waals surface area contributed by atoms with Crippen LogP contribution in [0.4, 0.5) is 11.6 Å². The number of nitrogens with zero attached hydrogens (tertiary/aromatic N) is 4. The summed E-state index contributed by atoms with van der Waals surface area (Å²) in [5.74, 6) is 2.37. The zero-order valence-corrected chi connectivity index (χ0v) is 14.0. The highest BCUT2D eigenvalue weighted by atomic mass is 16.2. The van der Waals surface area contributed by atoms with Crippen LogP contribution >= 0.6 is 0 Å². The number of piperidine rings is 1. The second kappa shape index (κ2) is 7.86. The first kappa shape index (κ1) is 16.4. The van der Waals surface area contributed by atoms with E-state index < -0.39 is 0 Å². The summed E-state index contributed by atoms with van der Waals surface area (Å²) in [4.78, 5) is 26.6. The lowest BCUT2D eigenvalue weighted by atomic mass is 9.92. The zero-order valence-electron chi connectivity index (χ0n) is 14.0. The third-order valence-corrected chi connectivity index (χ3v) is 4.41. The molecule has 1 saturated heterocycles. The van der Waals surface area contributed by atoms with Crippen LogP contribution in [0.3, 0.4) is 0 Å². The Kier molecular flexibility index (Phi) is 5.36. The van der Waals surface area contributed by atoms with Crippen LogP contribution in [0, 0.1) is 5.92 Å². The molecule has 24 heavy (non-hydrogen) atoms. The summed E-state index contributed by atoms with van der Waals surface area (Å²) < 4.78 is 0. The Bertz CT molecular complexity index is 668. The lowest BCUT2D eigenvalue weighted by Gasteiger charge is -2.31. The van der Waals surface area contributed by atoms with Crippen molar-refractivity contribution < 1.29 is 4.79 Å². The SMILES string of the molecule is CCC(=O)N1CCC(Cc2cc(Nc3ccccn3)ncn2)CC1. The maximum atomic E-state index is 11.7. The molecule has 126 valence electrons. The van der Waals surface area contributed by atoms with Crippen LogP contribution in [0.5, 0.6) is 0 Å². The molecule has 3 heterocycles. The van der Waals surface area contributed by atoms with Gasteiger partial charge in [0, 0.05) is 37.5 Å². The van der Waals surface area contributed by atoms with Crippen LogP contribution in [-0.2, 0) is 11.2 Å². The molecular weight excluding hydrogens is 302 g/mol. The van der Waals surface area contributed by atoms with Crippen LogP contribution in [0.25, 0.3) is 0 Å². The molecule has 0 radical (unpaired) electrons. The first-order valence-corrected chi connectivity index (χ1v) is 8.51. The average Bonchev–Trinajstić information content (AvgIpc) is 2.63. The van der Waals surface area contributed by atoms with Gasteiger partial charge >= 0.3 is 0 Å². The predicted molar refractivity (Wildman–Crippen MR) is 92.9 cm³/mol. The number of anilines is 2. The first-order chi connectivity index (χ1) is 11.7. The van der Waals surface area contributed by atoms with Gasteiger partial charge in [0.1, 0.15) is 18.0 Å². The van der Waals surface area contributed by atoms with Crippen molar-refractivity contribution in [1.82, 2.24) is 19.9 Å². The molecule has 0 atom stereocenters. The van der Waals surface area contributed by atoms with E-state index >= 15 is 0 Å². The van der Waals surface area contributed by atoms with Gasteiger partial charge in [0.05, 0.1) is 0 Å². The number of amides is 1. The maximum absolute atomic E-state index is 11.7. The number of likely N-dealkylation sites (tertiary alicyclic amines) is 1. The molecule has 1 amide bonds. The molecular formula is C18H23N5O. The minimum absolute atomic E-state index is 0.261. The molecule has 0 aliphatic carbocycles. The molecule has 0 saturated carbocycles. The van der Waals surface area contributed by atoms with E-state index in [1.54, 1.807) is 12.5 Å². The summed E-state index contributed by atoms with van der Waals surface area (Å²) in [5, 5.41) is 3.20. The van der Waals surface area contributed by atoms with Crippen LogP contribution in [0.2, 0.25) is 0 Å². The second-order valence-electron chi connectivity index (χ2n) is 6.12. The van der Waals surface area contributed by atoms with Crippen molar-refractivity contribution >= 4 is 17.5 Å². The molecule has 1 aliphatic heterocycles. The number of hydrogen-bond acceptors (Lipinski definition) is 5. The largest absolute Gasteiger partial charge is 0.343 e.